The molecule has 0 spiro atoms. The van der Waals surface area contributed by atoms with Crippen LogP contribution < -0.4 is 4.74 Å². The van der Waals surface area contributed by atoms with Gasteiger partial charge in [0, 0.05) is 18.2 Å². The van der Waals surface area contributed by atoms with Gasteiger partial charge in [0.1, 0.15) is 6.10 Å². The highest BCUT2D eigenvalue weighted by Gasteiger charge is 2.25. The van der Waals surface area contributed by atoms with Gasteiger partial charge in [-0.3, -0.25) is 0 Å². The number of hydrogen-bond acceptors (Lipinski definition) is 2. The van der Waals surface area contributed by atoms with E-state index in [1.165, 1.54) is 11.1 Å². The standard InChI is InChI=1S/C9H7NO/c1-2-8-6-3-4-10-9(8)11-7(1)5-6/h1-4,7H,5H2/t7-/m1/s1. The second-order valence-corrected chi connectivity index (χ2v) is 2.91. The fraction of sp³-hybridized carbons (Fsp3) is 0.222. The Bertz CT molecular complexity index is 319. The summed E-state index contributed by atoms with van der Waals surface area (Å²) in [5.41, 5.74) is 2.55. The average Bonchev–Trinajstić information content (AvgIpc) is 2.05. The summed E-state index contributed by atoms with van der Waals surface area (Å²) in [6.45, 7) is 0. The molecule has 1 atom stereocenters. The van der Waals surface area contributed by atoms with Crippen LogP contribution in [0.4, 0.5) is 0 Å². The lowest BCUT2D eigenvalue weighted by Crippen LogP contribution is -2.26. The Balaban J connectivity index is 2.40. The topological polar surface area (TPSA) is 22.1 Å². The second kappa shape index (κ2) is 1.64. The molecular weight excluding hydrogens is 138 g/mol. The molecule has 3 heterocycles. The van der Waals surface area contributed by atoms with E-state index in [4.69, 9.17) is 4.74 Å². The van der Waals surface area contributed by atoms with E-state index >= 15 is 0 Å². The Kier molecular flexibility index (Phi) is 0.799. The lowest BCUT2D eigenvalue weighted by molar-refractivity contribution is 0.224. The molecule has 4 bridgehead atoms. The molecular formula is C9H7NO. The molecule has 0 amide bonds. The van der Waals surface area contributed by atoms with Crippen LogP contribution in [0.1, 0.15) is 11.1 Å². The lowest BCUT2D eigenvalue weighted by Gasteiger charge is -2.27. The molecule has 1 aromatic rings. The molecule has 0 saturated heterocycles. The summed E-state index contributed by atoms with van der Waals surface area (Å²) < 4.78 is 5.51. The number of aromatic nitrogens is 1. The molecule has 1 aliphatic carbocycles. The van der Waals surface area contributed by atoms with Crippen LogP contribution in [0.25, 0.3) is 6.08 Å². The van der Waals surface area contributed by atoms with Crippen molar-refractivity contribution in [3.63, 3.8) is 0 Å². The number of rotatable bonds is 0. The number of ether oxygens (including phenoxy) is 1. The van der Waals surface area contributed by atoms with Gasteiger partial charge in [0.25, 0.3) is 0 Å². The van der Waals surface area contributed by atoms with Gasteiger partial charge >= 0.3 is 0 Å². The fourth-order valence-corrected chi connectivity index (χ4v) is 1.65. The van der Waals surface area contributed by atoms with Gasteiger partial charge in [-0.05, 0) is 23.8 Å². The molecule has 0 radical (unpaired) electrons. The van der Waals surface area contributed by atoms with Crippen molar-refractivity contribution >= 4 is 6.08 Å². The predicted molar refractivity (Wildman–Crippen MR) is 41.4 cm³/mol. The molecule has 2 aliphatic heterocycles. The zero-order valence-electron chi connectivity index (χ0n) is 5.95. The smallest absolute Gasteiger partial charge is 0.221 e. The van der Waals surface area contributed by atoms with Gasteiger partial charge in [-0.2, -0.15) is 0 Å². The Labute approximate surface area is 64.5 Å². The largest absolute Gasteiger partial charge is 0.469 e. The van der Waals surface area contributed by atoms with Crippen LogP contribution >= 0.6 is 0 Å². The first kappa shape index (κ1) is 5.35. The van der Waals surface area contributed by atoms with E-state index in [1.807, 2.05) is 6.20 Å². The first-order chi connectivity index (χ1) is 5.43. The monoisotopic (exact) mass is 145 g/mol. The summed E-state index contributed by atoms with van der Waals surface area (Å²) in [4.78, 5) is 4.14. The lowest BCUT2D eigenvalue weighted by atomic mass is 9.94. The highest BCUT2D eigenvalue weighted by Crippen LogP contribution is 2.33. The highest BCUT2D eigenvalue weighted by molar-refractivity contribution is 5.64. The summed E-state index contributed by atoms with van der Waals surface area (Å²) >= 11 is 0. The van der Waals surface area contributed by atoms with E-state index in [9.17, 15) is 0 Å². The van der Waals surface area contributed by atoms with Crippen molar-refractivity contribution < 1.29 is 4.74 Å². The number of hydrogen-bond donors (Lipinski definition) is 0. The first-order valence-corrected chi connectivity index (χ1v) is 3.76. The van der Waals surface area contributed by atoms with Crippen molar-refractivity contribution in [1.82, 2.24) is 4.98 Å². The third kappa shape index (κ3) is 0.589. The quantitative estimate of drug-likeness (QED) is 0.550. The summed E-state index contributed by atoms with van der Waals surface area (Å²) in [6, 6.07) is 2.07. The van der Waals surface area contributed by atoms with Crippen molar-refractivity contribution in [2.24, 2.45) is 0 Å². The van der Waals surface area contributed by atoms with Crippen molar-refractivity contribution in [2.75, 3.05) is 0 Å². The molecule has 0 saturated carbocycles. The maximum Gasteiger partial charge on any atom is 0.221 e. The Morgan fingerprint density at radius 2 is 2.55 bits per heavy atom. The minimum Gasteiger partial charge on any atom is -0.469 e. The van der Waals surface area contributed by atoms with E-state index in [-0.39, 0.29) is 6.10 Å². The molecule has 3 aliphatic rings. The van der Waals surface area contributed by atoms with Gasteiger partial charge < -0.3 is 4.74 Å². The van der Waals surface area contributed by atoms with Gasteiger partial charge in [-0.15, -0.1) is 0 Å². The molecule has 4 rings (SSSR count). The summed E-state index contributed by atoms with van der Waals surface area (Å²) in [7, 11) is 0. The van der Waals surface area contributed by atoms with E-state index < -0.39 is 0 Å². The zero-order valence-corrected chi connectivity index (χ0v) is 5.95. The molecule has 1 aromatic heterocycles. The minimum atomic E-state index is 0.242. The first-order valence-electron chi connectivity index (χ1n) is 3.76. The van der Waals surface area contributed by atoms with Crippen LogP contribution in [0.5, 0.6) is 5.88 Å². The normalized spacial score (nSPS) is 23.5. The van der Waals surface area contributed by atoms with Gasteiger partial charge in [0.2, 0.25) is 5.88 Å². The summed E-state index contributed by atoms with van der Waals surface area (Å²) in [6.07, 6.45) is 7.27. The van der Waals surface area contributed by atoms with E-state index in [1.54, 1.807) is 0 Å². The van der Waals surface area contributed by atoms with Crippen LogP contribution in [-0.4, -0.2) is 11.1 Å². The zero-order chi connectivity index (χ0) is 7.26. The number of pyridine rings is 1. The van der Waals surface area contributed by atoms with Crippen molar-refractivity contribution in [1.29, 1.82) is 0 Å². The third-order valence-electron chi connectivity index (χ3n) is 2.21. The molecule has 11 heavy (non-hydrogen) atoms. The molecule has 54 valence electrons. The molecule has 2 heteroatoms. The predicted octanol–water partition coefficient (Wildman–Crippen LogP) is 1.41. The van der Waals surface area contributed by atoms with E-state index in [0.29, 0.717) is 0 Å². The molecule has 0 aromatic carbocycles. The van der Waals surface area contributed by atoms with Gasteiger partial charge in [0.15, 0.2) is 0 Å². The van der Waals surface area contributed by atoms with Crippen LogP contribution in [0.3, 0.4) is 0 Å². The van der Waals surface area contributed by atoms with Gasteiger partial charge in [0.05, 0.1) is 0 Å². The molecule has 2 nitrogen and oxygen atoms in total. The Hall–Kier alpha value is -1.31. The van der Waals surface area contributed by atoms with Crippen molar-refractivity contribution in [3.05, 3.63) is 29.5 Å². The SMILES string of the molecule is C1=C[C@@H]2Cc3ccnc(c31)O2. The van der Waals surface area contributed by atoms with Crippen LogP contribution in [0.2, 0.25) is 0 Å². The number of nitrogens with zero attached hydrogens (tertiary/aromatic N) is 1. The third-order valence-corrected chi connectivity index (χ3v) is 2.21. The van der Waals surface area contributed by atoms with Gasteiger partial charge in [-0.25, -0.2) is 4.98 Å². The Morgan fingerprint density at radius 3 is 3.27 bits per heavy atom. The van der Waals surface area contributed by atoms with Crippen LogP contribution in [-0.2, 0) is 6.42 Å². The van der Waals surface area contributed by atoms with Crippen molar-refractivity contribution in [3.8, 4) is 5.88 Å². The van der Waals surface area contributed by atoms with Crippen molar-refractivity contribution in [2.45, 2.75) is 12.5 Å². The molecule has 0 N–H and O–H groups in total. The Morgan fingerprint density at radius 1 is 1.55 bits per heavy atom. The molecule has 0 fully saturated rings. The maximum absolute atomic E-state index is 5.51. The highest BCUT2D eigenvalue weighted by atomic mass is 16.5. The minimum absolute atomic E-state index is 0.242. The maximum atomic E-state index is 5.51. The second-order valence-electron chi connectivity index (χ2n) is 2.91. The fourth-order valence-electron chi connectivity index (χ4n) is 1.65. The average molecular weight is 145 g/mol. The van der Waals surface area contributed by atoms with E-state index in [0.717, 1.165) is 12.3 Å². The summed E-state index contributed by atoms with van der Waals surface area (Å²) in [5.74, 6) is 0.807. The van der Waals surface area contributed by atoms with Crippen LogP contribution in [0, 0.1) is 0 Å². The van der Waals surface area contributed by atoms with Crippen LogP contribution in [0.15, 0.2) is 18.3 Å². The molecule has 0 unspecified atom stereocenters. The van der Waals surface area contributed by atoms with E-state index in [2.05, 4.69) is 23.2 Å². The van der Waals surface area contributed by atoms with Gasteiger partial charge in [-0.1, -0.05) is 0 Å². The summed E-state index contributed by atoms with van der Waals surface area (Å²) in [5, 5.41) is 0.